The number of fused-ring (bicyclic) bond motifs is 1. The number of hydrogen-bond acceptors (Lipinski definition) is 4. The molecule has 0 aliphatic heterocycles. The van der Waals surface area contributed by atoms with Gasteiger partial charge in [0, 0.05) is 6.07 Å². The number of carbonyl (C=O) groups excluding carboxylic acids is 1. The predicted octanol–water partition coefficient (Wildman–Crippen LogP) is 3.53. The third-order valence-corrected chi connectivity index (χ3v) is 3.10. The van der Waals surface area contributed by atoms with Crippen molar-refractivity contribution < 1.29 is 14.1 Å². The van der Waals surface area contributed by atoms with Crippen LogP contribution in [-0.2, 0) is 6.61 Å². The van der Waals surface area contributed by atoms with Crippen LogP contribution in [0.5, 0.6) is 5.75 Å². The van der Waals surface area contributed by atoms with Crippen LogP contribution in [0.3, 0.4) is 0 Å². The van der Waals surface area contributed by atoms with E-state index >= 15 is 0 Å². The van der Waals surface area contributed by atoms with Gasteiger partial charge < -0.3 is 9.26 Å². The molecule has 4 nitrogen and oxygen atoms in total. The Hall–Kier alpha value is -2.62. The van der Waals surface area contributed by atoms with Crippen LogP contribution in [0.4, 0.5) is 0 Å². The van der Waals surface area contributed by atoms with E-state index in [9.17, 15) is 4.79 Å². The molecule has 0 amide bonds. The van der Waals surface area contributed by atoms with Gasteiger partial charge in [-0.2, -0.15) is 0 Å². The first-order valence-corrected chi connectivity index (χ1v) is 6.30. The smallest absolute Gasteiger partial charge is 0.174 e. The van der Waals surface area contributed by atoms with Gasteiger partial charge in [-0.1, -0.05) is 35.5 Å². The molecule has 2 aromatic carbocycles. The highest BCUT2D eigenvalue weighted by molar-refractivity contribution is 6.00. The molecule has 0 unspecified atom stereocenters. The Labute approximate surface area is 116 Å². The summed E-state index contributed by atoms with van der Waals surface area (Å²) in [4.78, 5) is 11.3. The van der Waals surface area contributed by atoms with Gasteiger partial charge in [0.1, 0.15) is 12.4 Å². The fourth-order valence-electron chi connectivity index (χ4n) is 2.16. The van der Waals surface area contributed by atoms with Gasteiger partial charge in [0.2, 0.25) is 0 Å². The number of benzene rings is 2. The summed E-state index contributed by atoms with van der Waals surface area (Å²) in [5.41, 5.74) is 1.36. The van der Waals surface area contributed by atoms with E-state index in [2.05, 4.69) is 5.16 Å². The summed E-state index contributed by atoms with van der Waals surface area (Å²) in [7, 11) is 0. The Balaban J connectivity index is 1.93. The molecule has 1 aromatic heterocycles. The average Bonchev–Trinajstić information content (AvgIpc) is 2.90. The second-order valence-corrected chi connectivity index (χ2v) is 4.54. The predicted molar refractivity (Wildman–Crippen MR) is 74.9 cm³/mol. The summed E-state index contributed by atoms with van der Waals surface area (Å²) in [6, 6.07) is 13.3. The molecule has 0 spiro atoms. The van der Waals surface area contributed by atoms with Gasteiger partial charge in [0.05, 0.1) is 11.3 Å². The lowest BCUT2D eigenvalue weighted by Gasteiger charge is -2.09. The van der Waals surface area contributed by atoms with Gasteiger partial charge in [0.15, 0.2) is 12.0 Å². The van der Waals surface area contributed by atoms with E-state index in [1.807, 2.05) is 43.3 Å². The molecule has 4 heteroatoms. The van der Waals surface area contributed by atoms with Crippen LogP contribution in [0.1, 0.15) is 21.8 Å². The Bertz CT molecular complexity index is 761. The van der Waals surface area contributed by atoms with Crippen molar-refractivity contribution in [1.82, 2.24) is 5.16 Å². The van der Waals surface area contributed by atoms with Crippen molar-refractivity contribution in [3.63, 3.8) is 0 Å². The van der Waals surface area contributed by atoms with Gasteiger partial charge in [-0.05, 0) is 23.8 Å². The molecule has 0 saturated carbocycles. The van der Waals surface area contributed by atoms with E-state index in [0.29, 0.717) is 17.1 Å². The first kappa shape index (κ1) is 12.4. The summed E-state index contributed by atoms with van der Waals surface area (Å²) in [6.45, 7) is 2.10. The molecular formula is C16H13NO3. The molecule has 0 fully saturated rings. The van der Waals surface area contributed by atoms with E-state index in [1.165, 1.54) is 0 Å². The number of aryl methyl sites for hydroxylation is 1. The Morgan fingerprint density at radius 2 is 2.10 bits per heavy atom. The summed E-state index contributed by atoms with van der Waals surface area (Å²) < 4.78 is 10.8. The number of hydrogen-bond donors (Lipinski definition) is 0. The molecule has 3 aromatic rings. The summed E-state index contributed by atoms with van der Waals surface area (Å²) in [5, 5.41) is 5.69. The number of aldehydes is 1. The number of aromatic nitrogens is 1. The fourth-order valence-corrected chi connectivity index (χ4v) is 2.16. The van der Waals surface area contributed by atoms with Crippen LogP contribution >= 0.6 is 0 Å². The number of nitrogens with zero attached hydrogens (tertiary/aromatic N) is 1. The van der Waals surface area contributed by atoms with Crippen molar-refractivity contribution in [1.29, 1.82) is 0 Å². The molecule has 0 saturated heterocycles. The van der Waals surface area contributed by atoms with Crippen LogP contribution < -0.4 is 4.74 Å². The van der Waals surface area contributed by atoms with Crippen LogP contribution in [-0.4, -0.2) is 11.4 Å². The highest BCUT2D eigenvalue weighted by Crippen LogP contribution is 2.27. The molecule has 20 heavy (non-hydrogen) atoms. The van der Waals surface area contributed by atoms with Gasteiger partial charge in [-0.3, -0.25) is 4.79 Å². The molecule has 100 valence electrons. The van der Waals surface area contributed by atoms with Crippen molar-refractivity contribution in [2.45, 2.75) is 13.5 Å². The molecule has 0 aliphatic carbocycles. The van der Waals surface area contributed by atoms with Gasteiger partial charge in [-0.15, -0.1) is 0 Å². The van der Waals surface area contributed by atoms with E-state index in [0.717, 1.165) is 22.8 Å². The Morgan fingerprint density at radius 1 is 1.25 bits per heavy atom. The standard InChI is InChI=1S/C16H13NO3/c1-11-8-13(20-17-11)10-19-16-7-6-12-4-2-3-5-14(12)15(16)9-18/h2-9H,10H2,1H3. The molecule has 0 radical (unpaired) electrons. The molecule has 0 aliphatic rings. The van der Waals surface area contributed by atoms with Gasteiger partial charge in [0.25, 0.3) is 0 Å². The first-order chi connectivity index (χ1) is 9.78. The molecule has 1 heterocycles. The van der Waals surface area contributed by atoms with Gasteiger partial charge in [-0.25, -0.2) is 0 Å². The van der Waals surface area contributed by atoms with E-state index in [4.69, 9.17) is 9.26 Å². The van der Waals surface area contributed by atoms with Crippen LogP contribution in [0, 0.1) is 6.92 Å². The Kier molecular flexibility index (Phi) is 3.21. The highest BCUT2D eigenvalue weighted by Gasteiger charge is 2.09. The van der Waals surface area contributed by atoms with Crippen molar-refractivity contribution in [2.75, 3.05) is 0 Å². The van der Waals surface area contributed by atoms with Gasteiger partial charge >= 0.3 is 0 Å². The van der Waals surface area contributed by atoms with E-state index in [-0.39, 0.29) is 6.61 Å². The maximum Gasteiger partial charge on any atom is 0.174 e. The summed E-state index contributed by atoms with van der Waals surface area (Å²) in [6.07, 6.45) is 0.823. The zero-order valence-electron chi connectivity index (χ0n) is 11.0. The van der Waals surface area contributed by atoms with Crippen LogP contribution in [0.15, 0.2) is 47.0 Å². The average molecular weight is 267 g/mol. The normalized spacial score (nSPS) is 10.7. The topological polar surface area (TPSA) is 52.3 Å². The number of carbonyl (C=O) groups is 1. The molecular weight excluding hydrogens is 254 g/mol. The molecule has 0 atom stereocenters. The van der Waals surface area contributed by atoms with Crippen molar-refractivity contribution in [3.05, 3.63) is 59.5 Å². The van der Waals surface area contributed by atoms with Crippen molar-refractivity contribution in [2.24, 2.45) is 0 Å². The second kappa shape index (κ2) is 5.17. The highest BCUT2D eigenvalue weighted by atomic mass is 16.5. The van der Waals surface area contributed by atoms with Crippen LogP contribution in [0.2, 0.25) is 0 Å². The van der Waals surface area contributed by atoms with Crippen molar-refractivity contribution in [3.8, 4) is 5.75 Å². The second-order valence-electron chi connectivity index (χ2n) is 4.54. The zero-order chi connectivity index (χ0) is 13.9. The quantitative estimate of drug-likeness (QED) is 0.678. The minimum atomic E-state index is 0.250. The molecule has 0 bridgehead atoms. The largest absolute Gasteiger partial charge is 0.485 e. The van der Waals surface area contributed by atoms with Crippen molar-refractivity contribution >= 4 is 17.1 Å². The van der Waals surface area contributed by atoms with E-state index in [1.54, 1.807) is 6.07 Å². The zero-order valence-corrected chi connectivity index (χ0v) is 11.0. The maximum atomic E-state index is 11.3. The maximum absolute atomic E-state index is 11.3. The first-order valence-electron chi connectivity index (χ1n) is 6.30. The monoisotopic (exact) mass is 267 g/mol. The lowest BCUT2D eigenvalue weighted by atomic mass is 10.0. The third kappa shape index (κ3) is 2.28. The summed E-state index contributed by atoms with van der Waals surface area (Å²) in [5.74, 6) is 1.18. The minimum Gasteiger partial charge on any atom is -0.485 e. The fraction of sp³-hybridized carbons (Fsp3) is 0.125. The third-order valence-electron chi connectivity index (χ3n) is 3.10. The molecule has 3 rings (SSSR count). The molecule has 0 N–H and O–H groups in total. The van der Waals surface area contributed by atoms with Crippen LogP contribution in [0.25, 0.3) is 10.8 Å². The Morgan fingerprint density at radius 3 is 2.85 bits per heavy atom. The lowest BCUT2D eigenvalue weighted by molar-refractivity contribution is 0.112. The lowest BCUT2D eigenvalue weighted by Crippen LogP contribution is -1.98. The SMILES string of the molecule is Cc1cc(COc2ccc3ccccc3c2C=O)on1. The number of ether oxygens (including phenoxy) is 1. The summed E-state index contributed by atoms with van der Waals surface area (Å²) >= 11 is 0. The number of rotatable bonds is 4. The minimum absolute atomic E-state index is 0.250. The van der Waals surface area contributed by atoms with E-state index < -0.39 is 0 Å².